The van der Waals surface area contributed by atoms with E-state index in [1.54, 1.807) is 16.0 Å². The van der Waals surface area contributed by atoms with Crippen LogP contribution in [0.3, 0.4) is 0 Å². The first kappa shape index (κ1) is 16.7. The van der Waals surface area contributed by atoms with Crippen LogP contribution in [0.1, 0.15) is 45.7 Å². The van der Waals surface area contributed by atoms with E-state index in [4.69, 9.17) is 4.74 Å². The Morgan fingerprint density at radius 1 is 1.25 bits per heavy atom. The van der Waals surface area contributed by atoms with Crippen molar-refractivity contribution in [3.8, 4) is 0 Å². The number of carbonyl (C=O) groups excluding carboxylic acids is 2. The molecule has 130 valence electrons. The highest BCUT2D eigenvalue weighted by atomic mass is 16.6. The smallest absolute Gasteiger partial charge is 0.411 e. The number of ether oxygens (including phenoxy) is 1. The second-order valence-corrected chi connectivity index (χ2v) is 7.63. The van der Waals surface area contributed by atoms with Gasteiger partial charge in [-0.1, -0.05) is 0 Å². The molecule has 1 aromatic heterocycles. The molecule has 2 saturated heterocycles. The van der Waals surface area contributed by atoms with Gasteiger partial charge in [-0.15, -0.1) is 0 Å². The molecule has 0 aliphatic carbocycles. The fraction of sp³-hybridized carbons (Fsp3) is 0.611. The predicted molar refractivity (Wildman–Crippen MR) is 90.8 cm³/mol. The minimum atomic E-state index is -0.757. The maximum atomic E-state index is 13.1. The van der Waals surface area contributed by atoms with Gasteiger partial charge in [-0.2, -0.15) is 0 Å². The molecule has 3 rings (SSSR count). The average molecular weight is 331 g/mol. The van der Waals surface area contributed by atoms with Crippen LogP contribution in [-0.4, -0.2) is 46.1 Å². The quantitative estimate of drug-likeness (QED) is 0.794. The minimum Gasteiger partial charge on any atom is -0.444 e. The Kier molecular flexibility index (Phi) is 4.01. The lowest BCUT2D eigenvalue weighted by Gasteiger charge is -2.34. The van der Waals surface area contributed by atoms with Gasteiger partial charge in [-0.3, -0.25) is 14.7 Å². The van der Waals surface area contributed by atoms with E-state index in [9.17, 15) is 9.59 Å². The normalized spacial score (nSPS) is 24.1. The third-order valence-corrected chi connectivity index (χ3v) is 4.70. The van der Waals surface area contributed by atoms with Crippen molar-refractivity contribution in [1.29, 1.82) is 0 Å². The summed E-state index contributed by atoms with van der Waals surface area (Å²) in [6.45, 7) is 8.61. The van der Waals surface area contributed by atoms with E-state index in [0.29, 0.717) is 25.9 Å². The van der Waals surface area contributed by atoms with Crippen LogP contribution in [0, 0.1) is 6.92 Å². The molecule has 1 atom stereocenters. The number of aromatic nitrogens is 1. The lowest BCUT2D eigenvalue weighted by Crippen LogP contribution is -2.54. The highest BCUT2D eigenvalue weighted by molar-refractivity contribution is 6.04. The SMILES string of the molecule is Cc1ccc(N2CCC3(CCCN3C(=O)OC(C)(C)C)C2=O)cn1. The molecule has 1 aromatic rings. The first-order valence-electron chi connectivity index (χ1n) is 8.48. The first-order valence-corrected chi connectivity index (χ1v) is 8.48. The number of anilines is 1. The number of pyridine rings is 1. The van der Waals surface area contributed by atoms with Crippen molar-refractivity contribution in [2.24, 2.45) is 0 Å². The number of aryl methyl sites for hydroxylation is 1. The molecule has 0 saturated carbocycles. The van der Waals surface area contributed by atoms with Gasteiger partial charge in [0.15, 0.2) is 0 Å². The zero-order valence-electron chi connectivity index (χ0n) is 14.8. The summed E-state index contributed by atoms with van der Waals surface area (Å²) >= 11 is 0. The summed E-state index contributed by atoms with van der Waals surface area (Å²) in [6.07, 6.45) is 3.49. The molecular weight excluding hydrogens is 306 g/mol. The predicted octanol–water partition coefficient (Wildman–Crippen LogP) is 2.90. The van der Waals surface area contributed by atoms with E-state index < -0.39 is 17.2 Å². The number of rotatable bonds is 1. The second-order valence-electron chi connectivity index (χ2n) is 7.63. The fourth-order valence-electron chi connectivity index (χ4n) is 3.57. The number of carbonyl (C=O) groups is 2. The first-order chi connectivity index (χ1) is 11.2. The number of nitrogens with zero attached hydrogens (tertiary/aromatic N) is 3. The molecule has 0 radical (unpaired) electrons. The highest BCUT2D eigenvalue weighted by Crippen LogP contribution is 2.41. The minimum absolute atomic E-state index is 0.0171. The number of hydrogen-bond acceptors (Lipinski definition) is 4. The summed E-state index contributed by atoms with van der Waals surface area (Å²) in [4.78, 5) is 33.4. The van der Waals surface area contributed by atoms with Crippen molar-refractivity contribution >= 4 is 17.7 Å². The van der Waals surface area contributed by atoms with E-state index in [1.807, 2.05) is 39.8 Å². The van der Waals surface area contributed by atoms with Crippen LogP contribution in [0.25, 0.3) is 0 Å². The summed E-state index contributed by atoms with van der Waals surface area (Å²) in [5.74, 6) is -0.0171. The third-order valence-electron chi connectivity index (χ3n) is 4.70. The maximum absolute atomic E-state index is 13.1. The van der Waals surface area contributed by atoms with Gasteiger partial charge in [0.25, 0.3) is 5.91 Å². The lowest BCUT2D eigenvalue weighted by atomic mass is 9.94. The Balaban J connectivity index is 1.83. The average Bonchev–Trinajstić information content (AvgIpc) is 3.05. The van der Waals surface area contributed by atoms with Crippen LogP contribution in [0.15, 0.2) is 18.3 Å². The molecule has 6 nitrogen and oxygen atoms in total. The van der Waals surface area contributed by atoms with Crippen molar-refractivity contribution in [3.05, 3.63) is 24.0 Å². The van der Waals surface area contributed by atoms with Gasteiger partial charge in [0, 0.05) is 18.8 Å². The Hall–Kier alpha value is -2.11. The Labute approximate surface area is 142 Å². The van der Waals surface area contributed by atoms with Gasteiger partial charge in [0.1, 0.15) is 11.1 Å². The molecule has 24 heavy (non-hydrogen) atoms. The molecule has 2 aliphatic rings. The van der Waals surface area contributed by atoms with Crippen LogP contribution >= 0.6 is 0 Å². The van der Waals surface area contributed by atoms with Crippen molar-refractivity contribution in [1.82, 2.24) is 9.88 Å². The summed E-state index contributed by atoms with van der Waals surface area (Å²) in [5.41, 5.74) is 0.380. The van der Waals surface area contributed by atoms with E-state index in [-0.39, 0.29) is 5.91 Å². The molecule has 2 amide bonds. The molecule has 0 aromatic carbocycles. The van der Waals surface area contributed by atoms with E-state index in [0.717, 1.165) is 17.8 Å². The Morgan fingerprint density at radius 2 is 2.00 bits per heavy atom. The van der Waals surface area contributed by atoms with Crippen LogP contribution in [0.5, 0.6) is 0 Å². The molecule has 1 unspecified atom stereocenters. The summed E-state index contributed by atoms with van der Waals surface area (Å²) in [6, 6.07) is 3.81. The molecule has 3 heterocycles. The second kappa shape index (κ2) is 5.76. The maximum Gasteiger partial charge on any atom is 0.411 e. The van der Waals surface area contributed by atoms with Crippen molar-refractivity contribution in [3.63, 3.8) is 0 Å². The lowest BCUT2D eigenvalue weighted by molar-refractivity contribution is -0.126. The number of amides is 2. The van der Waals surface area contributed by atoms with Crippen molar-refractivity contribution in [2.45, 2.75) is 58.1 Å². The van der Waals surface area contributed by atoms with Gasteiger partial charge >= 0.3 is 6.09 Å². The molecule has 2 fully saturated rings. The summed E-state index contributed by atoms with van der Waals surface area (Å²) < 4.78 is 5.52. The largest absolute Gasteiger partial charge is 0.444 e. The van der Waals surface area contributed by atoms with Crippen LogP contribution in [-0.2, 0) is 9.53 Å². The molecule has 1 spiro atoms. The monoisotopic (exact) mass is 331 g/mol. The fourth-order valence-corrected chi connectivity index (χ4v) is 3.57. The molecular formula is C18H25N3O3. The Bertz CT molecular complexity index is 650. The van der Waals surface area contributed by atoms with Gasteiger partial charge in [-0.05, 0) is 59.1 Å². The molecule has 2 aliphatic heterocycles. The van der Waals surface area contributed by atoms with Crippen LogP contribution in [0.2, 0.25) is 0 Å². The van der Waals surface area contributed by atoms with Crippen molar-refractivity contribution < 1.29 is 14.3 Å². The summed E-state index contributed by atoms with van der Waals surface area (Å²) in [5, 5.41) is 0. The van der Waals surface area contributed by atoms with Crippen LogP contribution in [0.4, 0.5) is 10.5 Å². The Morgan fingerprint density at radius 3 is 2.62 bits per heavy atom. The van der Waals surface area contributed by atoms with E-state index in [1.165, 1.54) is 0 Å². The van der Waals surface area contributed by atoms with Gasteiger partial charge in [0.05, 0.1) is 11.9 Å². The third kappa shape index (κ3) is 2.85. The molecule has 0 N–H and O–H groups in total. The van der Waals surface area contributed by atoms with Gasteiger partial charge < -0.3 is 9.64 Å². The zero-order valence-corrected chi connectivity index (χ0v) is 14.8. The molecule has 0 bridgehead atoms. The van der Waals surface area contributed by atoms with E-state index >= 15 is 0 Å². The van der Waals surface area contributed by atoms with Crippen molar-refractivity contribution in [2.75, 3.05) is 18.0 Å². The van der Waals surface area contributed by atoms with Gasteiger partial charge in [0.2, 0.25) is 0 Å². The highest BCUT2D eigenvalue weighted by Gasteiger charge is 2.56. The molecule has 6 heteroatoms. The number of likely N-dealkylation sites (tertiary alicyclic amines) is 1. The van der Waals surface area contributed by atoms with Crippen LogP contribution < -0.4 is 4.90 Å². The summed E-state index contributed by atoms with van der Waals surface area (Å²) in [7, 11) is 0. The topological polar surface area (TPSA) is 62.7 Å². The zero-order chi connectivity index (χ0) is 17.5. The standard InChI is InChI=1S/C18H25N3O3/c1-13-6-7-14(12-19-13)20-11-9-18(15(20)22)8-5-10-21(18)16(23)24-17(2,3)4/h6-7,12H,5,8-11H2,1-4H3. The van der Waals surface area contributed by atoms with E-state index in [2.05, 4.69) is 4.98 Å². The number of hydrogen-bond donors (Lipinski definition) is 0. The van der Waals surface area contributed by atoms with Gasteiger partial charge in [-0.25, -0.2) is 4.79 Å².